The molecule has 3 aromatic rings. The third-order valence-electron chi connectivity index (χ3n) is 6.99. The van der Waals surface area contributed by atoms with Gasteiger partial charge in [-0.3, -0.25) is 10.0 Å². The van der Waals surface area contributed by atoms with Crippen LogP contribution in [0.25, 0.3) is 0 Å². The van der Waals surface area contributed by atoms with E-state index in [4.69, 9.17) is 9.94 Å². The standard InChI is InChI=1S/C27H30FN5O3/c28-22-5-1-19(2-6-22)17-36-23-7-3-20(4-8-23)24-13-25(24)29-14-18-9-11-33(12-10-18)27-30-15-21(16-31-27)26(34)32-35/h1-8,15-16,18,24-25,29,35H,9-14,17H2,(H,32,34). The van der Waals surface area contributed by atoms with E-state index < -0.39 is 5.91 Å². The number of amides is 1. The summed E-state index contributed by atoms with van der Waals surface area (Å²) in [4.78, 5) is 22.1. The quantitative estimate of drug-likeness (QED) is 0.310. The first-order valence-corrected chi connectivity index (χ1v) is 12.3. The second-order valence-corrected chi connectivity index (χ2v) is 9.48. The number of benzene rings is 2. The summed E-state index contributed by atoms with van der Waals surface area (Å²) in [5, 5.41) is 12.4. The van der Waals surface area contributed by atoms with Crippen molar-refractivity contribution in [2.24, 2.45) is 5.92 Å². The minimum atomic E-state index is -0.615. The lowest BCUT2D eigenvalue weighted by atomic mass is 9.97. The number of carbonyl (C=O) groups is 1. The number of nitrogens with one attached hydrogen (secondary N) is 2. The van der Waals surface area contributed by atoms with Crippen LogP contribution in [-0.4, -0.2) is 46.8 Å². The van der Waals surface area contributed by atoms with Gasteiger partial charge in [0.1, 0.15) is 18.2 Å². The van der Waals surface area contributed by atoms with E-state index in [0.717, 1.165) is 50.2 Å². The Kier molecular flexibility index (Phi) is 7.39. The van der Waals surface area contributed by atoms with Crippen molar-refractivity contribution in [3.05, 3.63) is 83.4 Å². The van der Waals surface area contributed by atoms with Crippen LogP contribution in [-0.2, 0) is 6.61 Å². The molecule has 3 N–H and O–H groups in total. The zero-order valence-electron chi connectivity index (χ0n) is 19.9. The van der Waals surface area contributed by atoms with Crippen molar-refractivity contribution in [2.75, 3.05) is 24.5 Å². The largest absolute Gasteiger partial charge is 0.489 e. The second-order valence-electron chi connectivity index (χ2n) is 9.48. The normalized spacial score (nSPS) is 19.7. The zero-order chi connectivity index (χ0) is 24.9. The summed E-state index contributed by atoms with van der Waals surface area (Å²) in [5.74, 6) is 1.73. The molecular formula is C27H30FN5O3. The lowest BCUT2D eigenvalue weighted by molar-refractivity contribution is 0.0705. The van der Waals surface area contributed by atoms with Crippen molar-refractivity contribution in [1.29, 1.82) is 0 Å². The fourth-order valence-corrected chi connectivity index (χ4v) is 4.67. The molecule has 9 heteroatoms. The number of carbonyl (C=O) groups excluding carboxylic acids is 1. The highest BCUT2D eigenvalue weighted by molar-refractivity contribution is 5.92. The van der Waals surface area contributed by atoms with E-state index in [-0.39, 0.29) is 11.4 Å². The molecule has 2 atom stereocenters. The van der Waals surface area contributed by atoms with Gasteiger partial charge < -0.3 is 15.0 Å². The molecule has 0 spiro atoms. The highest BCUT2D eigenvalue weighted by Crippen LogP contribution is 2.41. The summed E-state index contributed by atoms with van der Waals surface area (Å²) < 4.78 is 18.8. The summed E-state index contributed by atoms with van der Waals surface area (Å²) in [6, 6.07) is 15.2. The van der Waals surface area contributed by atoms with Gasteiger partial charge in [0.05, 0.1) is 5.56 Å². The van der Waals surface area contributed by atoms with Gasteiger partial charge in [0.2, 0.25) is 5.95 Å². The highest BCUT2D eigenvalue weighted by Gasteiger charge is 2.38. The third kappa shape index (κ3) is 5.98. The number of anilines is 1. The number of ether oxygens (including phenoxy) is 1. The maximum Gasteiger partial charge on any atom is 0.277 e. The molecule has 2 fully saturated rings. The van der Waals surface area contributed by atoms with Gasteiger partial charge in [0.15, 0.2) is 0 Å². The number of nitrogens with zero attached hydrogens (tertiary/aromatic N) is 3. The molecule has 1 saturated carbocycles. The first kappa shape index (κ1) is 24.1. The SMILES string of the molecule is O=C(NO)c1cnc(N2CCC(CNC3CC3c3ccc(OCc4ccc(F)cc4)cc3)CC2)nc1. The van der Waals surface area contributed by atoms with E-state index in [1.54, 1.807) is 17.6 Å². The summed E-state index contributed by atoms with van der Waals surface area (Å²) >= 11 is 0. The Hall–Kier alpha value is -3.56. The molecule has 188 valence electrons. The number of rotatable bonds is 9. The fourth-order valence-electron chi connectivity index (χ4n) is 4.67. The van der Waals surface area contributed by atoms with Crippen molar-refractivity contribution in [2.45, 2.75) is 37.8 Å². The monoisotopic (exact) mass is 491 g/mol. The Morgan fingerprint density at radius 2 is 1.75 bits per heavy atom. The molecule has 2 aliphatic rings. The molecule has 2 aromatic carbocycles. The summed E-state index contributed by atoms with van der Waals surface area (Å²) in [7, 11) is 0. The van der Waals surface area contributed by atoms with Crippen LogP contribution in [0.1, 0.15) is 46.7 Å². The molecule has 8 nitrogen and oxygen atoms in total. The van der Waals surface area contributed by atoms with Crippen molar-refractivity contribution >= 4 is 11.9 Å². The number of piperidine rings is 1. The molecule has 0 radical (unpaired) electrons. The van der Waals surface area contributed by atoms with Crippen LogP contribution < -0.4 is 20.4 Å². The van der Waals surface area contributed by atoms with Crippen molar-refractivity contribution in [3.8, 4) is 5.75 Å². The number of hydrogen-bond donors (Lipinski definition) is 3. The molecule has 1 aromatic heterocycles. The van der Waals surface area contributed by atoms with E-state index >= 15 is 0 Å². The van der Waals surface area contributed by atoms with E-state index in [1.165, 1.54) is 30.1 Å². The minimum Gasteiger partial charge on any atom is -0.489 e. The van der Waals surface area contributed by atoms with Gasteiger partial charge in [-0.25, -0.2) is 19.8 Å². The van der Waals surface area contributed by atoms with Gasteiger partial charge in [-0.2, -0.15) is 0 Å². The topological polar surface area (TPSA) is 99.6 Å². The van der Waals surface area contributed by atoms with Crippen LogP contribution in [0.5, 0.6) is 5.75 Å². The van der Waals surface area contributed by atoms with Crippen molar-refractivity contribution in [3.63, 3.8) is 0 Å². The average molecular weight is 492 g/mol. The molecule has 36 heavy (non-hydrogen) atoms. The lowest BCUT2D eigenvalue weighted by Gasteiger charge is -2.32. The highest BCUT2D eigenvalue weighted by atomic mass is 19.1. The molecule has 2 heterocycles. The molecular weight excluding hydrogens is 461 g/mol. The van der Waals surface area contributed by atoms with E-state index in [0.29, 0.717) is 30.4 Å². The molecule has 0 bridgehead atoms. The maximum absolute atomic E-state index is 13.0. The Balaban J connectivity index is 1.02. The van der Waals surface area contributed by atoms with Crippen LogP contribution >= 0.6 is 0 Å². The average Bonchev–Trinajstić information content (AvgIpc) is 3.71. The molecule has 1 aliphatic heterocycles. The Bertz CT molecular complexity index is 1150. The van der Waals surface area contributed by atoms with Gasteiger partial charge >= 0.3 is 0 Å². The predicted molar refractivity (Wildman–Crippen MR) is 133 cm³/mol. The molecule has 1 amide bonds. The molecule has 1 aliphatic carbocycles. The third-order valence-corrected chi connectivity index (χ3v) is 6.99. The van der Waals surface area contributed by atoms with Gasteiger partial charge in [-0.05, 0) is 67.1 Å². The summed E-state index contributed by atoms with van der Waals surface area (Å²) in [6.45, 7) is 3.19. The van der Waals surface area contributed by atoms with Crippen LogP contribution in [0.3, 0.4) is 0 Å². The van der Waals surface area contributed by atoms with Gasteiger partial charge in [0.25, 0.3) is 5.91 Å². The number of hydroxylamine groups is 1. The number of halogens is 1. The Labute approximate surface area is 209 Å². The van der Waals surface area contributed by atoms with E-state index in [2.05, 4.69) is 32.3 Å². The fraction of sp³-hybridized carbons (Fsp3) is 0.370. The summed E-state index contributed by atoms with van der Waals surface area (Å²) in [6.07, 6.45) is 6.13. The van der Waals surface area contributed by atoms with Crippen LogP contribution in [0.2, 0.25) is 0 Å². The van der Waals surface area contributed by atoms with Crippen LogP contribution in [0, 0.1) is 11.7 Å². The number of hydrogen-bond acceptors (Lipinski definition) is 7. The van der Waals surface area contributed by atoms with Crippen molar-refractivity contribution in [1.82, 2.24) is 20.8 Å². The van der Waals surface area contributed by atoms with E-state index in [1.807, 2.05) is 12.1 Å². The minimum absolute atomic E-state index is 0.228. The van der Waals surface area contributed by atoms with E-state index in [9.17, 15) is 9.18 Å². The lowest BCUT2D eigenvalue weighted by Crippen LogP contribution is -2.38. The Morgan fingerprint density at radius 1 is 1.06 bits per heavy atom. The predicted octanol–water partition coefficient (Wildman–Crippen LogP) is 3.68. The van der Waals surface area contributed by atoms with Gasteiger partial charge in [-0.1, -0.05) is 24.3 Å². The van der Waals surface area contributed by atoms with Gasteiger partial charge in [-0.15, -0.1) is 0 Å². The Morgan fingerprint density at radius 3 is 2.42 bits per heavy atom. The molecule has 2 unspecified atom stereocenters. The first-order valence-electron chi connectivity index (χ1n) is 12.3. The van der Waals surface area contributed by atoms with Gasteiger partial charge in [0, 0.05) is 37.4 Å². The summed E-state index contributed by atoms with van der Waals surface area (Å²) in [5.41, 5.74) is 4.08. The van der Waals surface area contributed by atoms with Crippen molar-refractivity contribution < 1.29 is 19.1 Å². The second kappa shape index (κ2) is 11.0. The first-order chi connectivity index (χ1) is 17.6. The maximum atomic E-state index is 13.0. The molecule has 1 saturated heterocycles. The van der Waals surface area contributed by atoms with Crippen LogP contribution in [0.4, 0.5) is 10.3 Å². The zero-order valence-corrected chi connectivity index (χ0v) is 19.9. The van der Waals surface area contributed by atoms with Crippen LogP contribution in [0.15, 0.2) is 60.9 Å². The number of aromatic nitrogens is 2. The molecule has 5 rings (SSSR count). The smallest absolute Gasteiger partial charge is 0.277 e.